The highest BCUT2D eigenvalue weighted by molar-refractivity contribution is 5.81. The van der Waals surface area contributed by atoms with E-state index in [0.29, 0.717) is 13.0 Å². The average molecular weight is 352 g/mol. The fourth-order valence-electron chi connectivity index (χ4n) is 3.35. The molecular weight excluding hydrogens is 324 g/mol. The first-order valence-corrected chi connectivity index (χ1v) is 9.55. The van der Waals surface area contributed by atoms with Crippen molar-refractivity contribution in [2.75, 3.05) is 13.1 Å². The average Bonchev–Trinajstić information content (AvgIpc) is 3.19. The van der Waals surface area contributed by atoms with Crippen LogP contribution in [0.2, 0.25) is 0 Å². The number of nitrogens with zero attached hydrogens (tertiary/aromatic N) is 1. The third-order valence-corrected chi connectivity index (χ3v) is 4.85. The van der Waals surface area contributed by atoms with Gasteiger partial charge in [-0.1, -0.05) is 49.4 Å². The standard InChI is InChI=1S/C22H28N2O2/c1-2-21(26-20-12-4-3-5-13-20)22(25)23-16-18-10-6-7-11-19(18)17-24-14-8-9-15-24/h3-7,10-13,21H,2,8-9,14-17H2,1H3,(H,23,25)/t21-/m0/s1. The second-order valence-electron chi connectivity index (χ2n) is 6.80. The van der Waals surface area contributed by atoms with E-state index in [0.717, 1.165) is 12.3 Å². The molecule has 2 aromatic rings. The van der Waals surface area contributed by atoms with Gasteiger partial charge in [0.15, 0.2) is 6.10 Å². The van der Waals surface area contributed by atoms with E-state index in [-0.39, 0.29) is 5.91 Å². The fourth-order valence-corrected chi connectivity index (χ4v) is 3.35. The van der Waals surface area contributed by atoms with E-state index >= 15 is 0 Å². The molecule has 0 saturated carbocycles. The first kappa shape index (κ1) is 18.5. The Kier molecular flexibility index (Phi) is 6.67. The Balaban J connectivity index is 1.58. The highest BCUT2D eigenvalue weighted by Crippen LogP contribution is 2.17. The molecule has 1 amide bonds. The smallest absolute Gasteiger partial charge is 0.261 e. The van der Waals surface area contributed by atoms with Gasteiger partial charge >= 0.3 is 0 Å². The number of ether oxygens (including phenoxy) is 1. The molecule has 1 N–H and O–H groups in total. The zero-order valence-corrected chi connectivity index (χ0v) is 15.5. The molecule has 0 radical (unpaired) electrons. The van der Waals surface area contributed by atoms with Crippen LogP contribution in [0.4, 0.5) is 0 Å². The Morgan fingerprint density at radius 3 is 2.38 bits per heavy atom. The summed E-state index contributed by atoms with van der Waals surface area (Å²) in [6.07, 6.45) is 2.74. The molecule has 0 aromatic heterocycles. The molecule has 0 bridgehead atoms. The molecule has 1 heterocycles. The molecule has 1 saturated heterocycles. The Morgan fingerprint density at radius 2 is 1.69 bits per heavy atom. The highest BCUT2D eigenvalue weighted by Gasteiger charge is 2.19. The van der Waals surface area contributed by atoms with Gasteiger partial charge in [-0.15, -0.1) is 0 Å². The summed E-state index contributed by atoms with van der Waals surface area (Å²) in [4.78, 5) is 15.0. The Bertz CT molecular complexity index is 696. The van der Waals surface area contributed by atoms with Crippen molar-refractivity contribution < 1.29 is 9.53 Å². The van der Waals surface area contributed by atoms with Crippen molar-refractivity contribution in [2.24, 2.45) is 0 Å². The topological polar surface area (TPSA) is 41.6 Å². The predicted octanol–water partition coefficient (Wildman–Crippen LogP) is 3.76. The summed E-state index contributed by atoms with van der Waals surface area (Å²) >= 11 is 0. The number of carbonyl (C=O) groups excluding carboxylic acids is 1. The normalized spacial score (nSPS) is 15.6. The van der Waals surface area contributed by atoms with Crippen LogP contribution >= 0.6 is 0 Å². The summed E-state index contributed by atoms with van der Waals surface area (Å²) in [5.41, 5.74) is 2.48. The third kappa shape index (κ3) is 5.09. The number of nitrogens with one attached hydrogen (secondary N) is 1. The van der Waals surface area contributed by atoms with Gasteiger partial charge in [0.25, 0.3) is 5.91 Å². The maximum Gasteiger partial charge on any atom is 0.261 e. The second-order valence-corrected chi connectivity index (χ2v) is 6.80. The molecule has 2 aromatic carbocycles. The van der Waals surface area contributed by atoms with Crippen LogP contribution in [0, 0.1) is 0 Å². The molecule has 4 heteroatoms. The number of carbonyl (C=O) groups is 1. The van der Waals surface area contributed by atoms with Crippen LogP contribution in [-0.4, -0.2) is 30.0 Å². The van der Waals surface area contributed by atoms with E-state index in [2.05, 4.69) is 28.4 Å². The summed E-state index contributed by atoms with van der Waals surface area (Å²) < 4.78 is 5.83. The molecule has 1 aliphatic heterocycles. The lowest BCUT2D eigenvalue weighted by atomic mass is 10.1. The van der Waals surface area contributed by atoms with Gasteiger partial charge in [0, 0.05) is 13.1 Å². The molecule has 3 rings (SSSR count). The summed E-state index contributed by atoms with van der Waals surface area (Å²) in [5, 5.41) is 3.05. The summed E-state index contributed by atoms with van der Waals surface area (Å²) in [6.45, 7) is 5.81. The largest absolute Gasteiger partial charge is 0.481 e. The number of para-hydroxylation sites is 1. The summed E-state index contributed by atoms with van der Waals surface area (Å²) in [5.74, 6) is 0.663. The van der Waals surface area contributed by atoms with Crippen molar-refractivity contribution in [3.8, 4) is 5.75 Å². The maximum absolute atomic E-state index is 12.6. The summed E-state index contributed by atoms with van der Waals surface area (Å²) in [7, 11) is 0. The van der Waals surface area contributed by atoms with Gasteiger partial charge in [0.2, 0.25) is 0 Å². The van der Waals surface area contributed by atoms with Crippen molar-refractivity contribution in [3.63, 3.8) is 0 Å². The van der Waals surface area contributed by atoms with Gasteiger partial charge < -0.3 is 10.1 Å². The highest BCUT2D eigenvalue weighted by atomic mass is 16.5. The first-order valence-electron chi connectivity index (χ1n) is 9.55. The van der Waals surface area contributed by atoms with E-state index in [9.17, 15) is 4.79 Å². The number of amides is 1. The number of benzene rings is 2. The minimum Gasteiger partial charge on any atom is -0.481 e. The Labute approximate surface area is 156 Å². The van der Waals surface area contributed by atoms with Crippen molar-refractivity contribution in [2.45, 2.75) is 45.4 Å². The number of hydrogen-bond donors (Lipinski definition) is 1. The lowest BCUT2D eigenvalue weighted by Gasteiger charge is -2.20. The molecule has 0 aliphatic carbocycles. The van der Waals surface area contributed by atoms with E-state index in [4.69, 9.17) is 4.74 Å². The quantitative estimate of drug-likeness (QED) is 0.786. The Morgan fingerprint density at radius 1 is 1.04 bits per heavy atom. The lowest BCUT2D eigenvalue weighted by Crippen LogP contribution is -2.37. The van der Waals surface area contributed by atoms with Crippen molar-refractivity contribution in [3.05, 3.63) is 65.7 Å². The van der Waals surface area contributed by atoms with E-state index in [1.54, 1.807) is 0 Å². The minimum atomic E-state index is -0.469. The van der Waals surface area contributed by atoms with Crippen LogP contribution < -0.4 is 10.1 Å². The van der Waals surface area contributed by atoms with Crippen LogP contribution in [-0.2, 0) is 17.9 Å². The van der Waals surface area contributed by atoms with Crippen molar-refractivity contribution >= 4 is 5.91 Å². The van der Waals surface area contributed by atoms with Crippen molar-refractivity contribution in [1.29, 1.82) is 0 Å². The van der Waals surface area contributed by atoms with E-state index < -0.39 is 6.10 Å². The zero-order chi connectivity index (χ0) is 18.2. The third-order valence-electron chi connectivity index (χ3n) is 4.85. The molecule has 1 aliphatic rings. The summed E-state index contributed by atoms with van der Waals surface area (Å²) in [6, 6.07) is 17.9. The molecule has 1 atom stereocenters. The van der Waals surface area contributed by atoms with Gasteiger partial charge in [0.05, 0.1) is 0 Å². The van der Waals surface area contributed by atoms with E-state index in [1.807, 2.05) is 43.3 Å². The number of rotatable bonds is 8. The van der Waals surface area contributed by atoms with Crippen LogP contribution in [0.5, 0.6) is 5.75 Å². The SMILES string of the molecule is CC[C@H](Oc1ccccc1)C(=O)NCc1ccccc1CN1CCCC1. The molecule has 26 heavy (non-hydrogen) atoms. The number of hydrogen-bond acceptors (Lipinski definition) is 3. The van der Waals surface area contributed by atoms with Crippen LogP contribution in [0.15, 0.2) is 54.6 Å². The molecule has 0 spiro atoms. The lowest BCUT2D eigenvalue weighted by molar-refractivity contribution is -0.128. The van der Waals surface area contributed by atoms with Crippen LogP contribution in [0.3, 0.4) is 0 Å². The number of likely N-dealkylation sites (tertiary alicyclic amines) is 1. The van der Waals surface area contributed by atoms with Gasteiger partial charge in [-0.25, -0.2) is 0 Å². The first-order chi connectivity index (χ1) is 12.8. The van der Waals surface area contributed by atoms with Crippen LogP contribution in [0.1, 0.15) is 37.3 Å². The molecule has 0 unspecified atom stereocenters. The second kappa shape index (κ2) is 9.39. The monoisotopic (exact) mass is 352 g/mol. The molecular formula is C22H28N2O2. The minimum absolute atomic E-state index is 0.0627. The fraction of sp³-hybridized carbons (Fsp3) is 0.409. The van der Waals surface area contributed by atoms with Gasteiger partial charge in [0.1, 0.15) is 5.75 Å². The maximum atomic E-state index is 12.6. The molecule has 1 fully saturated rings. The molecule has 138 valence electrons. The molecule has 4 nitrogen and oxygen atoms in total. The van der Waals surface area contributed by atoms with Gasteiger partial charge in [-0.3, -0.25) is 9.69 Å². The zero-order valence-electron chi connectivity index (χ0n) is 15.5. The van der Waals surface area contributed by atoms with Crippen LogP contribution in [0.25, 0.3) is 0 Å². The van der Waals surface area contributed by atoms with Gasteiger partial charge in [-0.2, -0.15) is 0 Å². The van der Waals surface area contributed by atoms with Crippen molar-refractivity contribution in [1.82, 2.24) is 10.2 Å². The Hall–Kier alpha value is -2.33. The predicted molar refractivity (Wildman–Crippen MR) is 104 cm³/mol. The van der Waals surface area contributed by atoms with E-state index in [1.165, 1.54) is 37.1 Å². The van der Waals surface area contributed by atoms with Gasteiger partial charge in [-0.05, 0) is 55.6 Å².